The maximum Gasteiger partial charge on any atom is 0.387 e. The van der Waals surface area contributed by atoms with E-state index < -0.39 is 6.61 Å². The van der Waals surface area contributed by atoms with E-state index in [1.54, 1.807) is 22.9 Å². The van der Waals surface area contributed by atoms with Crippen LogP contribution in [-0.4, -0.2) is 16.4 Å². The van der Waals surface area contributed by atoms with Crippen LogP contribution in [0.4, 0.5) is 14.5 Å². The van der Waals surface area contributed by atoms with E-state index in [4.69, 9.17) is 0 Å². The van der Waals surface area contributed by atoms with E-state index in [0.29, 0.717) is 12.2 Å². The van der Waals surface area contributed by atoms with E-state index in [1.807, 2.05) is 14.0 Å². The van der Waals surface area contributed by atoms with Crippen molar-refractivity contribution >= 4 is 21.6 Å². The van der Waals surface area contributed by atoms with E-state index in [9.17, 15) is 8.78 Å². The van der Waals surface area contributed by atoms with Crippen molar-refractivity contribution in [1.29, 1.82) is 0 Å². The van der Waals surface area contributed by atoms with Gasteiger partial charge in [-0.05, 0) is 35.0 Å². The van der Waals surface area contributed by atoms with Gasteiger partial charge in [0, 0.05) is 7.05 Å². The predicted molar refractivity (Wildman–Crippen MR) is 76.0 cm³/mol. The van der Waals surface area contributed by atoms with Crippen molar-refractivity contribution in [3.05, 3.63) is 40.1 Å². The number of aromatic nitrogens is 2. The molecule has 0 aliphatic rings. The number of rotatable bonds is 5. The van der Waals surface area contributed by atoms with Crippen LogP contribution in [0.25, 0.3) is 0 Å². The molecule has 0 spiro atoms. The molecule has 20 heavy (non-hydrogen) atoms. The molecule has 108 valence electrons. The normalized spacial score (nSPS) is 10.9. The van der Waals surface area contributed by atoms with E-state index >= 15 is 0 Å². The summed E-state index contributed by atoms with van der Waals surface area (Å²) in [6, 6.07) is 6.59. The molecule has 0 fully saturated rings. The fourth-order valence-electron chi connectivity index (χ4n) is 1.86. The van der Waals surface area contributed by atoms with Crippen LogP contribution < -0.4 is 10.1 Å². The number of para-hydroxylation sites is 2. The maximum absolute atomic E-state index is 12.3. The van der Waals surface area contributed by atoms with Crippen molar-refractivity contribution in [2.75, 3.05) is 5.32 Å². The van der Waals surface area contributed by atoms with Crippen molar-refractivity contribution in [3.8, 4) is 5.75 Å². The maximum atomic E-state index is 12.3. The number of benzene rings is 1. The van der Waals surface area contributed by atoms with Crippen molar-refractivity contribution < 1.29 is 13.5 Å². The molecule has 2 aromatic rings. The lowest BCUT2D eigenvalue weighted by Crippen LogP contribution is -2.09. The number of nitrogens with one attached hydrogen (secondary N) is 1. The second-order valence-electron chi connectivity index (χ2n) is 4.20. The van der Waals surface area contributed by atoms with Crippen LogP contribution in [0.2, 0.25) is 0 Å². The second-order valence-corrected chi connectivity index (χ2v) is 4.99. The summed E-state index contributed by atoms with van der Waals surface area (Å²) in [5.41, 5.74) is 2.31. The van der Waals surface area contributed by atoms with E-state index in [2.05, 4.69) is 31.1 Å². The summed E-state index contributed by atoms with van der Waals surface area (Å²) in [7, 11) is 1.83. The lowest BCUT2D eigenvalue weighted by Gasteiger charge is -2.12. The van der Waals surface area contributed by atoms with Crippen LogP contribution in [0.1, 0.15) is 11.4 Å². The van der Waals surface area contributed by atoms with E-state index in [0.717, 1.165) is 15.9 Å². The predicted octanol–water partition coefficient (Wildman–Crippen LogP) is 3.70. The van der Waals surface area contributed by atoms with Crippen molar-refractivity contribution in [2.24, 2.45) is 7.05 Å². The lowest BCUT2D eigenvalue weighted by atomic mass is 10.3. The molecule has 4 nitrogen and oxygen atoms in total. The smallest absolute Gasteiger partial charge is 0.387 e. The van der Waals surface area contributed by atoms with Crippen LogP contribution in [0.3, 0.4) is 0 Å². The molecule has 1 N–H and O–H groups in total. The number of anilines is 1. The summed E-state index contributed by atoms with van der Waals surface area (Å²) >= 11 is 3.46. The summed E-state index contributed by atoms with van der Waals surface area (Å²) in [5.74, 6) is 0.123. The largest absolute Gasteiger partial charge is 0.433 e. The van der Waals surface area contributed by atoms with E-state index in [1.165, 1.54) is 6.07 Å². The lowest BCUT2D eigenvalue weighted by molar-refractivity contribution is -0.0493. The number of nitrogens with zero attached hydrogens (tertiary/aromatic N) is 2. The van der Waals surface area contributed by atoms with Crippen LogP contribution in [0, 0.1) is 6.92 Å². The van der Waals surface area contributed by atoms with Crippen LogP contribution >= 0.6 is 15.9 Å². The Morgan fingerprint density at radius 3 is 2.70 bits per heavy atom. The average molecular weight is 346 g/mol. The van der Waals surface area contributed by atoms with Crippen LogP contribution in [0.15, 0.2) is 28.7 Å². The number of halogens is 3. The molecular formula is C13H14BrF2N3O. The summed E-state index contributed by atoms with van der Waals surface area (Å²) in [5, 5.41) is 7.35. The van der Waals surface area contributed by atoms with Gasteiger partial charge in [0.2, 0.25) is 0 Å². The number of aryl methyl sites for hydroxylation is 2. The molecule has 0 unspecified atom stereocenters. The Morgan fingerprint density at radius 1 is 1.40 bits per heavy atom. The zero-order chi connectivity index (χ0) is 14.7. The first kappa shape index (κ1) is 14.8. The average Bonchev–Trinajstić information content (AvgIpc) is 2.62. The molecule has 2 rings (SSSR count). The molecule has 0 amide bonds. The monoisotopic (exact) mass is 345 g/mol. The molecule has 1 heterocycles. The van der Waals surface area contributed by atoms with Gasteiger partial charge < -0.3 is 10.1 Å². The molecule has 0 aliphatic heterocycles. The Bertz CT molecular complexity index is 601. The van der Waals surface area contributed by atoms with Gasteiger partial charge in [-0.15, -0.1) is 0 Å². The molecule has 0 bridgehead atoms. The minimum atomic E-state index is -2.84. The van der Waals surface area contributed by atoms with Crippen LogP contribution in [0.5, 0.6) is 5.75 Å². The molecule has 1 aromatic carbocycles. The summed E-state index contributed by atoms with van der Waals surface area (Å²) < 4.78 is 31.8. The summed E-state index contributed by atoms with van der Waals surface area (Å²) in [6.07, 6.45) is 0. The van der Waals surface area contributed by atoms with Crippen molar-refractivity contribution in [3.63, 3.8) is 0 Å². The minimum absolute atomic E-state index is 0.123. The first-order chi connectivity index (χ1) is 9.49. The van der Waals surface area contributed by atoms with Gasteiger partial charge in [0.1, 0.15) is 5.75 Å². The van der Waals surface area contributed by atoms with Gasteiger partial charge in [0.15, 0.2) is 0 Å². The zero-order valence-electron chi connectivity index (χ0n) is 11.0. The van der Waals surface area contributed by atoms with Crippen LogP contribution in [-0.2, 0) is 13.6 Å². The molecule has 7 heteroatoms. The summed E-state index contributed by atoms with van der Waals surface area (Å²) in [6.45, 7) is -0.508. The molecular weight excluding hydrogens is 332 g/mol. The fraction of sp³-hybridized carbons (Fsp3) is 0.308. The van der Waals surface area contributed by atoms with Gasteiger partial charge in [-0.2, -0.15) is 13.9 Å². The molecule has 0 saturated heterocycles. The standard InChI is InChI=1S/C13H14BrF2N3O/c1-8-12(14)10(19(2)18-8)7-17-9-5-3-4-6-11(9)20-13(15)16/h3-6,13,17H,7H2,1-2H3. The number of hydrogen-bond acceptors (Lipinski definition) is 3. The first-order valence-corrected chi connectivity index (χ1v) is 6.74. The fourth-order valence-corrected chi connectivity index (χ4v) is 2.34. The van der Waals surface area contributed by atoms with Gasteiger partial charge in [0.05, 0.1) is 28.1 Å². The Labute approximate surface area is 123 Å². The zero-order valence-corrected chi connectivity index (χ0v) is 12.6. The highest BCUT2D eigenvalue weighted by Crippen LogP contribution is 2.27. The van der Waals surface area contributed by atoms with Gasteiger partial charge in [0.25, 0.3) is 0 Å². The van der Waals surface area contributed by atoms with Gasteiger partial charge >= 0.3 is 6.61 Å². The van der Waals surface area contributed by atoms with Crippen molar-refractivity contribution in [2.45, 2.75) is 20.1 Å². The topological polar surface area (TPSA) is 39.1 Å². The Kier molecular flexibility index (Phi) is 4.59. The first-order valence-electron chi connectivity index (χ1n) is 5.94. The Hall–Kier alpha value is -1.63. The van der Waals surface area contributed by atoms with Gasteiger partial charge in [-0.1, -0.05) is 12.1 Å². The molecule has 1 aromatic heterocycles. The molecule has 0 aliphatic carbocycles. The summed E-state index contributed by atoms with van der Waals surface area (Å²) in [4.78, 5) is 0. The van der Waals surface area contributed by atoms with Gasteiger partial charge in [-0.25, -0.2) is 0 Å². The Balaban J connectivity index is 2.15. The van der Waals surface area contributed by atoms with E-state index in [-0.39, 0.29) is 5.75 Å². The number of ether oxygens (including phenoxy) is 1. The minimum Gasteiger partial charge on any atom is -0.433 e. The third kappa shape index (κ3) is 3.27. The highest BCUT2D eigenvalue weighted by molar-refractivity contribution is 9.10. The molecule has 0 saturated carbocycles. The quantitative estimate of drug-likeness (QED) is 0.897. The Morgan fingerprint density at radius 2 is 2.10 bits per heavy atom. The number of alkyl halides is 2. The second kappa shape index (κ2) is 6.21. The highest BCUT2D eigenvalue weighted by atomic mass is 79.9. The van der Waals surface area contributed by atoms with Crippen molar-refractivity contribution in [1.82, 2.24) is 9.78 Å². The molecule has 0 atom stereocenters. The van der Waals surface area contributed by atoms with Gasteiger partial charge in [-0.3, -0.25) is 4.68 Å². The SMILES string of the molecule is Cc1nn(C)c(CNc2ccccc2OC(F)F)c1Br. The number of hydrogen-bond donors (Lipinski definition) is 1. The highest BCUT2D eigenvalue weighted by Gasteiger charge is 2.12. The third-order valence-corrected chi connectivity index (χ3v) is 3.84. The molecule has 0 radical (unpaired) electrons. The third-order valence-electron chi connectivity index (χ3n) is 2.81.